The Morgan fingerprint density at radius 2 is 1.88 bits per heavy atom. The third kappa shape index (κ3) is 3.67. The molecule has 1 N–H and O–H groups in total. The van der Waals surface area contributed by atoms with Crippen molar-refractivity contribution in [3.63, 3.8) is 0 Å². The molecular weight excluding hydrogens is 330 g/mol. The lowest BCUT2D eigenvalue weighted by atomic mass is 10.1. The Labute approximate surface area is 154 Å². The number of fused-ring (bicyclic) bond motifs is 2. The molecule has 1 unspecified atom stereocenters. The topological polar surface area (TPSA) is 39.6 Å². The number of anilines is 2. The van der Waals surface area contributed by atoms with E-state index in [-0.39, 0.29) is 5.90 Å². The largest absolute Gasteiger partial charge is 0.478 e. The molecule has 0 radical (unpaired) electrons. The Balaban J connectivity index is 2.07. The molecule has 0 spiro atoms. The van der Waals surface area contributed by atoms with Gasteiger partial charge in [-0.3, -0.25) is 5.41 Å². The maximum absolute atomic E-state index is 8.12. The summed E-state index contributed by atoms with van der Waals surface area (Å²) >= 11 is 1.79. The summed E-state index contributed by atoms with van der Waals surface area (Å²) in [5, 5.41) is 8.12. The number of nitrogens with zero attached hydrogens (tertiary/aromatic N) is 2. The minimum absolute atomic E-state index is 0.231. The van der Waals surface area contributed by atoms with Gasteiger partial charge < -0.3 is 14.5 Å². The molecule has 1 atom stereocenters. The first-order chi connectivity index (χ1) is 12.0. The number of ether oxygens (including phenoxy) is 1. The second-order valence-corrected chi connectivity index (χ2v) is 7.58. The van der Waals surface area contributed by atoms with E-state index in [4.69, 9.17) is 10.1 Å². The van der Waals surface area contributed by atoms with E-state index in [1.807, 2.05) is 13.0 Å². The third-order valence-electron chi connectivity index (χ3n) is 4.18. The van der Waals surface area contributed by atoms with Gasteiger partial charge in [-0.25, -0.2) is 0 Å². The van der Waals surface area contributed by atoms with E-state index >= 15 is 0 Å². The Kier molecular flexibility index (Phi) is 5.35. The molecule has 0 amide bonds. The van der Waals surface area contributed by atoms with Crippen molar-refractivity contribution in [2.45, 2.75) is 29.7 Å². The molecule has 0 bridgehead atoms. The fourth-order valence-electron chi connectivity index (χ4n) is 3.24. The van der Waals surface area contributed by atoms with Crippen LogP contribution in [0.25, 0.3) is 0 Å². The van der Waals surface area contributed by atoms with Gasteiger partial charge >= 0.3 is 0 Å². The van der Waals surface area contributed by atoms with Crippen molar-refractivity contribution in [2.24, 2.45) is 0 Å². The highest BCUT2D eigenvalue weighted by atomic mass is 32.2. The van der Waals surface area contributed by atoms with Gasteiger partial charge in [0.1, 0.15) is 0 Å². The molecule has 132 valence electrons. The Morgan fingerprint density at radius 3 is 2.60 bits per heavy atom. The molecule has 3 rings (SSSR count). The van der Waals surface area contributed by atoms with Crippen LogP contribution in [0, 0.1) is 5.41 Å². The van der Waals surface area contributed by atoms with Crippen LogP contribution < -0.4 is 4.90 Å². The summed E-state index contributed by atoms with van der Waals surface area (Å²) in [6, 6.07) is 15.0. The first kappa shape index (κ1) is 17.8. The van der Waals surface area contributed by atoms with Gasteiger partial charge in [0.25, 0.3) is 0 Å². The minimum atomic E-state index is 0.231. The molecule has 1 aliphatic heterocycles. The highest BCUT2D eigenvalue weighted by Crippen LogP contribution is 2.49. The highest BCUT2D eigenvalue weighted by molar-refractivity contribution is 7.99. The van der Waals surface area contributed by atoms with Crippen LogP contribution in [0.3, 0.4) is 0 Å². The smallest absolute Gasteiger partial charge is 0.213 e. The lowest BCUT2D eigenvalue weighted by molar-refractivity contribution is 0.325. The molecule has 0 saturated carbocycles. The number of nitrogens with one attached hydrogen (secondary N) is 1. The van der Waals surface area contributed by atoms with Crippen LogP contribution in [0.15, 0.2) is 52.3 Å². The Hall–Kier alpha value is -1.98. The molecule has 1 heterocycles. The predicted octanol–water partition coefficient (Wildman–Crippen LogP) is 4.60. The minimum Gasteiger partial charge on any atom is -0.478 e. The Morgan fingerprint density at radius 1 is 1.16 bits per heavy atom. The van der Waals surface area contributed by atoms with Gasteiger partial charge in [-0.2, -0.15) is 0 Å². The molecule has 4 nitrogen and oxygen atoms in total. The van der Waals surface area contributed by atoms with Gasteiger partial charge in [0, 0.05) is 27.9 Å². The highest BCUT2D eigenvalue weighted by Gasteiger charge is 2.27. The van der Waals surface area contributed by atoms with Gasteiger partial charge in [-0.05, 0) is 58.3 Å². The molecule has 2 aromatic carbocycles. The molecule has 0 fully saturated rings. The molecule has 0 aliphatic carbocycles. The van der Waals surface area contributed by atoms with E-state index in [1.165, 1.54) is 15.5 Å². The van der Waals surface area contributed by atoms with Crippen molar-refractivity contribution < 1.29 is 4.74 Å². The monoisotopic (exact) mass is 355 g/mol. The van der Waals surface area contributed by atoms with Crippen LogP contribution in [-0.4, -0.2) is 44.1 Å². The fraction of sp³-hybridized carbons (Fsp3) is 0.350. The first-order valence-corrected chi connectivity index (χ1v) is 9.39. The predicted molar refractivity (Wildman–Crippen MR) is 106 cm³/mol. The lowest BCUT2D eigenvalue weighted by Gasteiger charge is -2.38. The summed E-state index contributed by atoms with van der Waals surface area (Å²) in [4.78, 5) is 7.09. The van der Waals surface area contributed by atoms with Crippen LogP contribution in [0.4, 0.5) is 11.4 Å². The number of hydrogen-bond acceptors (Lipinski definition) is 5. The molecule has 2 aromatic rings. The maximum Gasteiger partial charge on any atom is 0.213 e. The summed E-state index contributed by atoms with van der Waals surface area (Å²) in [6.45, 7) is 5.61. The Bertz CT molecular complexity index is 775. The second-order valence-electron chi connectivity index (χ2n) is 6.50. The number of para-hydroxylation sites is 1. The molecule has 0 saturated heterocycles. The maximum atomic E-state index is 8.12. The normalized spacial score (nSPS) is 14.0. The van der Waals surface area contributed by atoms with Gasteiger partial charge in [0.05, 0.1) is 18.0 Å². The number of hydrogen-bond donors (Lipinski definition) is 1. The van der Waals surface area contributed by atoms with Gasteiger partial charge in [-0.15, -0.1) is 0 Å². The standard InChI is InChI=1S/C20H25N3OS/c1-5-24-20(21)15-10-11-19-17(12-15)23(14(2)13-22(3)4)16-8-6-7-9-18(16)25-19/h6-12,14,21H,5,13H2,1-4H3. The molecule has 0 aromatic heterocycles. The van der Waals surface area contributed by atoms with Crippen LogP contribution in [-0.2, 0) is 4.74 Å². The van der Waals surface area contributed by atoms with Crippen LogP contribution >= 0.6 is 11.8 Å². The number of rotatable bonds is 5. The zero-order chi connectivity index (χ0) is 18.0. The SMILES string of the molecule is CCOC(=N)c1ccc2c(c1)N(C(C)CN(C)C)c1ccccc1S2. The fourth-order valence-corrected chi connectivity index (χ4v) is 4.29. The van der Waals surface area contributed by atoms with E-state index in [0.29, 0.717) is 12.6 Å². The van der Waals surface area contributed by atoms with Crippen LogP contribution in [0.2, 0.25) is 0 Å². The van der Waals surface area contributed by atoms with Crippen LogP contribution in [0.5, 0.6) is 0 Å². The van der Waals surface area contributed by atoms with E-state index in [9.17, 15) is 0 Å². The van der Waals surface area contributed by atoms with Crippen LogP contribution in [0.1, 0.15) is 19.4 Å². The van der Waals surface area contributed by atoms with E-state index in [1.54, 1.807) is 11.8 Å². The van der Waals surface area contributed by atoms with Crippen molar-refractivity contribution >= 4 is 29.0 Å². The molecule has 25 heavy (non-hydrogen) atoms. The summed E-state index contributed by atoms with van der Waals surface area (Å²) in [7, 11) is 4.20. The zero-order valence-electron chi connectivity index (χ0n) is 15.2. The van der Waals surface area contributed by atoms with E-state index in [0.717, 1.165) is 17.8 Å². The summed E-state index contributed by atoms with van der Waals surface area (Å²) in [6.07, 6.45) is 0. The van der Waals surface area contributed by atoms with Gasteiger partial charge in [0.15, 0.2) is 0 Å². The zero-order valence-corrected chi connectivity index (χ0v) is 16.1. The third-order valence-corrected chi connectivity index (χ3v) is 5.31. The van der Waals surface area contributed by atoms with Crippen molar-refractivity contribution in [1.29, 1.82) is 5.41 Å². The average Bonchev–Trinajstić information content (AvgIpc) is 2.58. The van der Waals surface area contributed by atoms with E-state index in [2.05, 4.69) is 67.2 Å². The average molecular weight is 356 g/mol. The molecule has 5 heteroatoms. The number of benzene rings is 2. The van der Waals surface area contributed by atoms with Gasteiger partial charge in [0.2, 0.25) is 5.90 Å². The van der Waals surface area contributed by atoms with Crippen molar-refractivity contribution in [3.05, 3.63) is 48.0 Å². The quantitative estimate of drug-likeness (QED) is 0.628. The number of likely N-dealkylation sites (N-methyl/N-ethyl adjacent to an activating group) is 1. The molecular formula is C20H25N3OS. The van der Waals surface area contributed by atoms with Crippen molar-refractivity contribution in [1.82, 2.24) is 4.90 Å². The first-order valence-electron chi connectivity index (χ1n) is 8.58. The van der Waals surface area contributed by atoms with Crippen molar-refractivity contribution in [2.75, 3.05) is 32.1 Å². The second kappa shape index (κ2) is 7.50. The van der Waals surface area contributed by atoms with Crippen molar-refractivity contribution in [3.8, 4) is 0 Å². The summed E-state index contributed by atoms with van der Waals surface area (Å²) in [5.74, 6) is 0.231. The van der Waals surface area contributed by atoms with E-state index < -0.39 is 0 Å². The summed E-state index contributed by atoms with van der Waals surface area (Å²) in [5.41, 5.74) is 3.21. The summed E-state index contributed by atoms with van der Waals surface area (Å²) < 4.78 is 5.40. The molecule has 1 aliphatic rings. The lowest BCUT2D eigenvalue weighted by Crippen LogP contribution is -2.38. The van der Waals surface area contributed by atoms with Gasteiger partial charge in [-0.1, -0.05) is 23.9 Å².